The summed E-state index contributed by atoms with van der Waals surface area (Å²) < 4.78 is 0. The summed E-state index contributed by atoms with van der Waals surface area (Å²) >= 11 is 0. The normalized spacial score (nSPS) is 28.0. The van der Waals surface area contributed by atoms with Crippen LogP contribution in [0.2, 0.25) is 0 Å². The van der Waals surface area contributed by atoms with Crippen molar-refractivity contribution in [3.05, 3.63) is 0 Å². The van der Waals surface area contributed by atoms with Gasteiger partial charge in [-0.05, 0) is 43.4 Å². The molecule has 1 heterocycles. The molecule has 2 fully saturated rings. The maximum Gasteiger partial charge on any atom is 0.245 e. The van der Waals surface area contributed by atoms with Crippen molar-refractivity contribution >= 4 is 11.8 Å². The van der Waals surface area contributed by atoms with E-state index in [0.29, 0.717) is 17.8 Å². The number of piperazine rings is 1. The number of amides is 2. The molecule has 1 aliphatic heterocycles. The second-order valence-electron chi connectivity index (χ2n) is 7.36. The minimum absolute atomic E-state index is 0.0754. The van der Waals surface area contributed by atoms with Gasteiger partial charge in [-0.2, -0.15) is 0 Å². The topological polar surface area (TPSA) is 49.4 Å². The Hall–Kier alpha value is -1.06. The molecule has 0 aromatic heterocycles. The lowest BCUT2D eigenvalue weighted by Crippen LogP contribution is -2.64. The standard InChI is InChI=1S/C17H30N2O2/c1-5-6-12(4)10-19-15(13-7-8-13)16(20)18-14(17(19)21)9-11(2)3/h11-15H,5-10H2,1-4H3,(H,18,20). The van der Waals surface area contributed by atoms with Gasteiger partial charge in [-0.25, -0.2) is 0 Å². The highest BCUT2D eigenvalue weighted by Gasteiger charge is 2.47. The Morgan fingerprint density at radius 2 is 1.90 bits per heavy atom. The minimum Gasteiger partial charge on any atom is -0.342 e. The van der Waals surface area contributed by atoms with Crippen molar-refractivity contribution in [2.75, 3.05) is 6.54 Å². The van der Waals surface area contributed by atoms with Gasteiger partial charge in [0, 0.05) is 6.54 Å². The number of rotatable bonds is 7. The van der Waals surface area contributed by atoms with Crippen LogP contribution in [0.3, 0.4) is 0 Å². The molecule has 1 saturated carbocycles. The third-order valence-electron chi connectivity index (χ3n) is 4.57. The maximum atomic E-state index is 12.8. The number of nitrogens with zero attached hydrogens (tertiary/aromatic N) is 1. The van der Waals surface area contributed by atoms with Gasteiger partial charge in [-0.15, -0.1) is 0 Å². The van der Waals surface area contributed by atoms with E-state index in [1.807, 2.05) is 4.90 Å². The predicted octanol–water partition coefficient (Wildman–Crippen LogP) is 2.57. The maximum absolute atomic E-state index is 12.8. The van der Waals surface area contributed by atoms with Crippen molar-refractivity contribution < 1.29 is 9.59 Å². The third-order valence-corrected chi connectivity index (χ3v) is 4.57. The second-order valence-corrected chi connectivity index (χ2v) is 7.36. The van der Waals surface area contributed by atoms with Crippen molar-refractivity contribution in [2.24, 2.45) is 17.8 Å². The van der Waals surface area contributed by atoms with Gasteiger partial charge in [-0.3, -0.25) is 9.59 Å². The van der Waals surface area contributed by atoms with Crippen LogP contribution in [0.25, 0.3) is 0 Å². The first kappa shape index (κ1) is 16.3. The summed E-state index contributed by atoms with van der Waals surface area (Å²) in [6, 6.07) is -0.526. The summed E-state index contributed by atoms with van der Waals surface area (Å²) in [7, 11) is 0. The van der Waals surface area contributed by atoms with E-state index in [2.05, 4.69) is 33.0 Å². The van der Waals surface area contributed by atoms with E-state index in [9.17, 15) is 9.59 Å². The fourth-order valence-electron chi connectivity index (χ4n) is 3.43. The largest absolute Gasteiger partial charge is 0.342 e. The van der Waals surface area contributed by atoms with Gasteiger partial charge in [0.15, 0.2) is 0 Å². The summed E-state index contributed by atoms with van der Waals surface area (Å²) in [6.07, 6.45) is 5.13. The Morgan fingerprint density at radius 1 is 1.24 bits per heavy atom. The molecule has 0 spiro atoms. The lowest BCUT2D eigenvalue weighted by Gasteiger charge is -2.41. The van der Waals surface area contributed by atoms with E-state index in [4.69, 9.17) is 0 Å². The van der Waals surface area contributed by atoms with Crippen molar-refractivity contribution in [1.82, 2.24) is 10.2 Å². The van der Waals surface area contributed by atoms with Gasteiger partial charge < -0.3 is 10.2 Å². The van der Waals surface area contributed by atoms with Gasteiger partial charge in [0.05, 0.1) is 0 Å². The van der Waals surface area contributed by atoms with Crippen molar-refractivity contribution in [2.45, 2.75) is 71.9 Å². The summed E-state index contributed by atoms with van der Waals surface area (Å²) in [4.78, 5) is 27.2. The number of hydrogen-bond donors (Lipinski definition) is 1. The van der Waals surface area contributed by atoms with Gasteiger partial charge in [0.2, 0.25) is 11.8 Å². The molecule has 4 heteroatoms. The fraction of sp³-hybridized carbons (Fsp3) is 0.882. The Labute approximate surface area is 128 Å². The molecule has 2 rings (SSSR count). The number of nitrogens with one attached hydrogen (secondary N) is 1. The Morgan fingerprint density at radius 3 is 2.43 bits per heavy atom. The first-order valence-corrected chi connectivity index (χ1v) is 8.54. The predicted molar refractivity (Wildman–Crippen MR) is 83.7 cm³/mol. The Kier molecular flexibility index (Phi) is 5.28. The third kappa shape index (κ3) is 3.98. The van der Waals surface area contributed by atoms with Crippen LogP contribution in [0.4, 0.5) is 0 Å². The van der Waals surface area contributed by atoms with Crippen LogP contribution >= 0.6 is 0 Å². The molecule has 3 atom stereocenters. The molecule has 0 radical (unpaired) electrons. The highest BCUT2D eigenvalue weighted by Crippen LogP contribution is 2.37. The van der Waals surface area contributed by atoms with Crippen molar-refractivity contribution in [3.63, 3.8) is 0 Å². The van der Waals surface area contributed by atoms with Crippen LogP contribution in [0.1, 0.15) is 59.8 Å². The minimum atomic E-state index is -0.318. The molecule has 1 saturated heterocycles. The molecule has 4 nitrogen and oxygen atoms in total. The SMILES string of the molecule is CCCC(C)CN1C(=O)C(CC(C)C)NC(=O)C1C1CC1. The first-order chi connectivity index (χ1) is 9.93. The van der Waals surface area contributed by atoms with E-state index >= 15 is 0 Å². The van der Waals surface area contributed by atoms with Crippen LogP contribution in [-0.2, 0) is 9.59 Å². The average molecular weight is 294 g/mol. The highest BCUT2D eigenvalue weighted by molar-refractivity contribution is 5.97. The van der Waals surface area contributed by atoms with Crippen molar-refractivity contribution in [3.8, 4) is 0 Å². The Balaban J connectivity index is 2.12. The van der Waals surface area contributed by atoms with Crippen LogP contribution in [0, 0.1) is 17.8 Å². The Bertz CT molecular complexity index is 390. The number of hydrogen-bond acceptors (Lipinski definition) is 2. The van der Waals surface area contributed by atoms with Crippen LogP contribution in [-0.4, -0.2) is 35.3 Å². The summed E-state index contributed by atoms with van der Waals surface area (Å²) in [5, 5.41) is 2.97. The van der Waals surface area contributed by atoms with E-state index < -0.39 is 0 Å². The molecule has 2 aliphatic rings. The molecule has 1 N–H and O–H groups in total. The number of carbonyl (C=O) groups excluding carboxylic acids is 2. The lowest BCUT2D eigenvalue weighted by molar-refractivity contribution is -0.151. The van der Waals surface area contributed by atoms with E-state index in [1.54, 1.807) is 0 Å². The van der Waals surface area contributed by atoms with E-state index in [-0.39, 0.29) is 23.9 Å². The average Bonchev–Trinajstić information content (AvgIpc) is 3.19. The molecule has 120 valence electrons. The van der Waals surface area contributed by atoms with Gasteiger partial charge >= 0.3 is 0 Å². The molecule has 0 bridgehead atoms. The van der Waals surface area contributed by atoms with Crippen LogP contribution < -0.4 is 5.32 Å². The first-order valence-electron chi connectivity index (χ1n) is 8.54. The van der Waals surface area contributed by atoms with Gasteiger partial charge in [0.25, 0.3) is 0 Å². The van der Waals surface area contributed by atoms with Crippen LogP contribution in [0.15, 0.2) is 0 Å². The molecule has 0 aromatic rings. The quantitative estimate of drug-likeness (QED) is 0.784. The molecule has 2 amide bonds. The molecular formula is C17H30N2O2. The summed E-state index contributed by atoms with van der Waals surface area (Å²) in [5.74, 6) is 1.48. The van der Waals surface area contributed by atoms with Crippen molar-refractivity contribution in [1.29, 1.82) is 0 Å². The van der Waals surface area contributed by atoms with Gasteiger partial charge in [-0.1, -0.05) is 34.1 Å². The zero-order valence-corrected chi connectivity index (χ0v) is 13.9. The zero-order valence-electron chi connectivity index (χ0n) is 13.9. The molecular weight excluding hydrogens is 264 g/mol. The fourth-order valence-corrected chi connectivity index (χ4v) is 3.43. The van der Waals surface area contributed by atoms with E-state index in [0.717, 1.165) is 38.6 Å². The lowest BCUT2D eigenvalue weighted by atomic mass is 9.95. The molecule has 3 unspecified atom stereocenters. The zero-order chi connectivity index (χ0) is 15.6. The number of carbonyl (C=O) groups is 2. The smallest absolute Gasteiger partial charge is 0.245 e. The van der Waals surface area contributed by atoms with Crippen LogP contribution in [0.5, 0.6) is 0 Å². The molecule has 1 aliphatic carbocycles. The molecule has 0 aromatic carbocycles. The van der Waals surface area contributed by atoms with E-state index in [1.165, 1.54) is 0 Å². The highest BCUT2D eigenvalue weighted by atomic mass is 16.2. The summed E-state index contributed by atoms with van der Waals surface area (Å²) in [6.45, 7) is 9.27. The van der Waals surface area contributed by atoms with Gasteiger partial charge in [0.1, 0.15) is 12.1 Å². The monoisotopic (exact) mass is 294 g/mol. The second kappa shape index (κ2) is 6.80. The summed E-state index contributed by atoms with van der Waals surface area (Å²) in [5.41, 5.74) is 0. The molecule has 21 heavy (non-hydrogen) atoms.